The van der Waals surface area contributed by atoms with Crippen molar-refractivity contribution in [3.8, 4) is 0 Å². The Kier molecular flexibility index (Phi) is 5.87. The second-order valence-corrected chi connectivity index (χ2v) is 6.46. The molecule has 1 aromatic heterocycles. The van der Waals surface area contributed by atoms with Crippen LogP contribution < -0.4 is 10.5 Å². The molecule has 1 heterocycles. The summed E-state index contributed by atoms with van der Waals surface area (Å²) in [6.45, 7) is 2.36. The number of benzene rings is 2. The minimum Gasteiger partial charge on any atom is -0.310 e. The van der Waals surface area contributed by atoms with Crippen LogP contribution in [0.3, 0.4) is 0 Å². The van der Waals surface area contributed by atoms with Gasteiger partial charge >= 0.3 is 6.18 Å². The van der Waals surface area contributed by atoms with Gasteiger partial charge < -0.3 is 9.47 Å². The minimum absolute atomic E-state index is 0.0650. The first-order valence-electron chi connectivity index (χ1n) is 9.03. The van der Waals surface area contributed by atoms with Gasteiger partial charge in [-0.3, -0.25) is 9.59 Å². The van der Waals surface area contributed by atoms with E-state index in [2.05, 4.69) is 0 Å². The first-order chi connectivity index (χ1) is 13.8. The summed E-state index contributed by atoms with van der Waals surface area (Å²) < 4.78 is 39.4. The van der Waals surface area contributed by atoms with Crippen LogP contribution in [-0.2, 0) is 12.7 Å². The second-order valence-electron chi connectivity index (χ2n) is 6.46. The zero-order valence-corrected chi connectivity index (χ0v) is 15.7. The Labute approximate surface area is 165 Å². The Balaban J connectivity index is 1.86. The van der Waals surface area contributed by atoms with E-state index < -0.39 is 11.7 Å². The number of rotatable bonds is 5. The van der Waals surface area contributed by atoms with Crippen LogP contribution in [-0.4, -0.2) is 17.0 Å². The van der Waals surface area contributed by atoms with Gasteiger partial charge in [-0.05, 0) is 42.8 Å². The van der Waals surface area contributed by atoms with Gasteiger partial charge in [0.05, 0.1) is 17.7 Å². The van der Waals surface area contributed by atoms with Crippen molar-refractivity contribution in [2.24, 2.45) is 0 Å². The van der Waals surface area contributed by atoms with Gasteiger partial charge in [-0.2, -0.15) is 13.2 Å². The summed E-state index contributed by atoms with van der Waals surface area (Å²) in [6, 6.07) is 16.5. The molecule has 0 saturated carbocycles. The summed E-state index contributed by atoms with van der Waals surface area (Å²) >= 11 is 0. The molecule has 0 radical (unpaired) electrons. The molecule has 0 spiro atoms. The number of alkyl halides is 3. The second kappa shape index (κ2) is 8.34. The molecule has 29 heavy (non-hydrogen) atoms. The summed E-state index contributed by atoms with van der Waals surface area (Å²) in [6.07, 6.45) is -2.98. The van der Waals surface area contributed by atoms with Crippen LogP contribution in [0, 0.1) is 0 Å². The fraction of sp³-hybridized carbons (Fsp3) is 0.182. The van der Waals surface area contributed by atoms with Gasteiger partial charge in [0.2, 0.25) is 0 Å². The molecular weight excluding hydrogens is 381 g/mol. The van der Waals surface area contributed by atoms with Crippen molar-refractivity contribution in [3.05, 3.63) is 100.0 Å². The molecule has 0 N–H and O–H groups in total. The van der Waals surface area contributed by atoms with Gasteiger partial charge in [0, 0.05) is 24.5 Å². The number of aromatic nitrogens is 1. The largest absolute Gasteiger partial charge is 0.416 e. The summed E-state index contributed by atoms with van der Waals surface area (Å²) in [5.41, 5.74) is 0.492. The van der Waals surface area contributed by atoms with Gasteiger partial charge in [-0.25, -0.2) is 0 Å². The molecule has 3 rings (SSSR count). The van der Waals surface area contributed by atoms with Crippen LogP contribution in [0.15, 0.2) is 77.7 Å². The number of hydrogen-bond donors (Lipinski definition) is 0. The lowest BCUT2D eigenvalue weighted by atomic mass is 10.1. The van der Waals surface area contributed by atoms with E-state index in [1.807, 2.05) is 37.3 Å². The van der Waals surface area contributed by atoms with Crippen LogP contribution in [0.5, 0.6) is 0 Å². The molecule has 2 aromatic carbocycles. The number of nitrogens with zero attached hydrogens (tertiary/aromatic N) is 2. The summed E-state index contributed by atoms with van der Waals surface area (Å²) in [5, 5.41) is 0. The Morgan fingerprint density at radius 1 is 0.966 bits per heavy atom. The number of carbonyl (C=O) groups excluding carboxylic acids is 1. The van der Waals surface area contributed by atoms with Crippen LogP contribution >= 0.6 is 0 Å². The van der Waals surface area contributed by atoms with Crippen LogP contribution in [0.2, 0.25) is 0 Å². The quantitative estimate of drug-likeness (QED) is 0.629. The smallest absolute Gasteiger partial charge is 0.310 e. The maximum absolute atomic E-state index is 12.9. The third kappa shape index (κ3) is 4.74. The number of carbonyl (C=O) groups is 1. The highest BCUT2D eigenvalue weighted by molar-refractivity contribution is 6.05. The van der Waals surface area contributed by atoms with Crippen LogP contribution in [0.4, 0.5) is 18.9 Å². The van der Waals surface area contributed by atoms with Crippen molar-refractivity contribution < 1.29 is 18.0 Å². The van der Waals surface area contributed by atoms with Gasteiger partial charge in [-0.1, -0.05) is 30.3 Å². The normalized spacial score (nSPS) is 11.3. The molecule has 0 saturated heterocycles. The molecule has 0 bridgehead atoms. The lowest BCUT2D eigenvalue weighted by Gasteiger charge is -2.21. The average Bonchev–Trinajstić information content (AvgIpc) is 2.70. The predicted octanol–water partition coefficient (Wildman–Crippen LogP) is 4.58. The fourth-order valence-electron chi connectivity index (χ4n) is 2.98. The highest BCUT2D eigenvalue weighted by atomic mass is 19.4. The zero-order valence-electron chi connectivity index (χ0n) is 15.7. The summed E-state index contributed by atoms with van der Waals surface area (Å²) in [7, 11) is 0. The Bertz CT molecular complexity index is 1040. The maximum Gasteiger partial charge on any atom is 0.416 e. The molecule has 3 aromatic rings. The number of anilines is 1. The third-order valence-electron chi connectivity index (χ3n) is 4.49. The van der Waals surface area contributed by atoms with Gasteiger partial charge in [0.25, 0.3) is 11.5 Å². The minimum atomic E-state index is -4.41. The molecule has 0 atom stereocenters. The van der Waals surface area contributed by atoms with E-state index in [9.17, 15) is 22.8 Å². The molecule has 0 aliphatic heterocycles. The number of para-hydroxylation sites is 1. The lowest BCUT2D eigenvalue weighted by Crippen LogP contribution is -2.32. The Morgan fingerprint density at radius 3 is 2.21 bits per heavy atom. The zero-order chi connectivity index (χ0) is 21.0. The van der Waals surface area contributed by atoms with Crippen molar-refractivity contribution in [3.63, 3.8) is 0 Å². The van der Waals surface area contributed by atoms with Crippen molar-refractivity contribution in [1.29, 1.82) is 0 Å². The monoisotopic (exact) mass is 400 g/mol. The fourth-order valence-corrected chi connectivity index (χ4v) is 2.98. The summed E-state index contributed by atoms with van der Waals surface area (Å²) in [4.78, 5) is 26.7. The molecule has 7 heteroatoms. The van der Waals surface area contributed by atoms with Crippen molar-refractivity contribution >= 4 is 11.6 Å². The van der Waals surface area contributed by atoms with E-state index in [1.54, 1.807) is 4.90 Å². The van der Waals surface area contributed by atoms with E-state index in [4.69, 9.17) is 0 Å². The standard InChI is InChI=1S/C22H19F3N2O2/c1-2-27(19-6-4-3-5-7-19)21(29)17-10-13-20(28)26(15-17)14-16-8-11-18(12-9-16)22(23,24)25/h3-13,15H,2,14H2,1H3. The third-order valence-corrected chi connectivity index (χ3v) is 4.49. The SMILES string of the molecule is CCN(C(=O)c1ccc(=O)n(Cc2ccc(C(F)(F)F)cc2)c1)c1ccccc1. The van der Waals surface area contributed by atoms with Crippen LogP contribution in [0.1, 0.15) is 28.4 Å². The van der Waals surface area contributed by atoms with E-state index in [-0.39, 0.29) is 18.0 Å². The molecule has 0 fully saturated rings. The predicted molar refractivity (Wildman–Crippen MR) is 105 cm³/mol. The van der Waals surface area contributed by atoms with Crippen molar-refractivity contribution in [1.82, 2.24) is 4.57 Å². The van der Waals surface area contributed by atoms with Crippen molar-refractivity contribution in [2.45, 2.75) is 19.6 Å². The number of halogens is 3. The first-order valence-corrected chi connectivity index (χ1v) is 9.03. The molecule has 0 aliphatic rings. The van der Waals surface area contributed by atoms with Gasteiger partial charge in [0.15, 0.2) is 0 Å². The molecular formula is C22H19F3N2O2. The Hall–Kier alpha value is -3.35. The molecule has 150 valence electrons. The maximum atomic E-state index is 12.9. The highest BCUT2D eigenvalue weighted by Gasteiger charge is 2.29. The molecule has 0 unspecified atom stereocenters. The number of pyridine rings is 1. The molecule has 0 aliphatic carbocycles. The van der Waals surface area contributed by atoms with E-state index in [1.165, 1.54) is 35.0 Å². The van der Waals surface area contributed by atoms with Crippen molar-refractivity contribution in [2.75, 3.05) is 11.4 Å². The average molecular weight is 400 g/mol. The van der Waals surface area contributed by atoms with Gasteiger partial charge in [-0.15, -0.1) is 0 Å². The Morgan fingerprint density at radius 2 is 1.62 bits per heavy atom. The topological polar surface area (TPSA) is 42.3 Å². The molecule has 4 nitrogen and oxygen atoms in total. The molecule has 1 amide bonds. The lowest BCUT2D eigenvalue weighted by molar-refractivity contribution is -0.137. The highest BCUT2D eigenvalue weighted by Crippen LogP contribution is 2.29. The van der Waals surface area contributed by atoms with E-state index in [0.29, 0.717) is 17.7 Å². The first kappa shape index (κ1) is 20.4. The number of hydrogen-bond acceptors (Lipinski definition) is 2. The van der Waals surface area contributed by atoms with Crippen LogP contribution in [0.25, 0.3) is 0 Å². The summed E-state index contributed by atoms with van der Waals surface area (Å²) in [5.74, 6) is -0.264. The van der Waals surface area contributed by atoms with Gasteiger partial charge in [0.1, 0.15) is 0 Å². The van der Waals surface area contributed by atoms with E-state index in [0.717, 1.165) is 17.8 Å². The van der Waals surface area contributed by atoms with E-state index >= 15 is 0 Å². The number of amides is 1.